The van der Waals surface area contributed by atoms with Crippen LogP contribution >= 0.6 is 0 Å². The van der Waals surface area contributed by atoms with Crippen LogP contribution in [0, 0.1) is 20.2 Å². The van der Waals surface area contributed by atoms with E-state index in [2.05, 4.69) is 10.9 Å². The van der Waals surface area contributed by atoms with Gasteiger partial charge in [0.15, 0.2) is 0 Å². The highest BCUT2D eigenvalue weighted by Crippen LogP contribution is 2.33. The number of nitrogens with two attached hydrogens (primary N) is 2. The van der Waals surface area contributed by atoms with Crippen molar-refractivity contribution in [3.8, 4) is 0 Å². The Hall–Kier alpha value is -5.48. The first kappa shape index (κ1) is 25.1. The van der Waals surface area contributed by atoms with Crippen LogP contribution in [-0.4, -0.2) is 21.9 Å². The van der Waals surface area contributed by atoms with E-state index in [1.54, 1.807) is 24.3 Å². The predicted molar refractivity (Wildman–Crippen MR) is 129 cm³/mol. The Morgan fingerprint density at radius 3 is 1.56 bits per heavy atom. The molecule has 0 aliphatic carbocycles. The van der Waals surface area contributed by atoms with Gasteiger partial charge in [0.2, 0.25) is 0 Å². The van der Waals surface area contributed by atoms with Crippen LogP contribution in [0.2, 0.25) is 0 Å². The predicted octanol–water partition coefficient (Wildman–Crippen LogP) is 2.15. The SMILES string of the molecule is NNC(=O)NNc1ccc(N(c2ccc([N+](=O)[O-])cc2)N(C(=O)NN)c2ccc([N+](=O)[O-])cc2)cc1. The molecule has 0 saturated heterocycles. The second-order valence-electron chi connectivity index (χ2n) is 6.89. The largest absolute Gasteiger partial charge is 0.355 e. The lowest BCUT2D eigenvalue weighted by molar-refractivity contribution is -0.385. The maximum Gasteiger partial charge on any atom is 0.355 e. The molecule has 0 saturated carbocycles. The molecule has 0 spiro atoms. The lowest BCUT2D eigenvalue weighted by Crippen LogP contribution is -2.51. The number of urea groups is 2. The Morgan fingerprint density at radius 2 is 1.14 bits per heavy atom. The molecule has 186 valence electrons. The van der Waals surface area contributed by atoms with E-state index in [-0.39, 0.29) is 17.1 Å². The van der Waals surface area contributed by atoms with Crippen LogP contribution in [0.1, 0.15) is 0 Å². The summed E-state index contributed by atoms with van der Waals surface area (Å²) in [6.07, 6.45) is 0. The summed E-state index contributed by atoms with van der Waals surface area (Å²) >= 11 is 0. The van der Waals surface area contributed by atoms with Crippen molar-refractivity contribution in [1.82, 2.24) is 16.3 Å². The molecule has 0 fully saturated rings. The first-order valence-corrected chi connectivity index (χ1v) is 9.97. The number of hydrazine groups is 4. The lowest BCUT2D eigenvalue weighted by Gasteiger charge is -2.36. The molecule has 16 heteroatoms. The maximum atomic E-state index is 12.9. The molecule has 0 heterocycles. The minimum atomic E-state index is -0.814. The molecule has 4 amide bonds. The third-order valence-corrected chi connectivity index (χ3v) is 4.69. The fourth-order valence-electron chi connectivity index (χ4n) is 3.05. The zero-order chi connectivity index (χ0) is 26.2. The number of benzene rings is 3. The topological polar surface area (TPSA) is 227 Å². The van der Waals surface area contributed by atoms with Crippen LogP contribution < -0.4 is 43.4 Å². The van der Waals surface area contributed by atoms with Gasteiger partial charge in [0.05, 0.1) is 32.6 Å². The van der Waals surface area contributed by atoms with E-state index < -0.39 is 21.9 Å². The van der Waals surface area contributed by atoms with Crippen LogP contribution in [0.25, 0.3) is 0 Å². The number of nitro groups is 2. The van der Waals surface area contributed by atoms with Crippen molar-refractivity contribution >= 4 is 46.2 Å². The maximum absolute atomic E-state index is 12.9. The summed E-state index contributed by atoms with van der Waals surface area (Å²) < 4.78 is 0. The number of anilines is 4. The third-order valence-electron chi connectivity index (χ3n) is 4.69. The number of carbonyl (C=O) groups is 2. The summed E-state index contributed by atoms with van der Waals surface area (Å²) in [6, 6.07) is 15.2. The normalized spacial score (nSPS) is 10.1. The van der Waals surface area contributed by atoms with Crippen molar-refractivity contribution in [3.63, 3.8) is 0 Å². The smallest absolute Gasteiger partial charge is 0.297 e. The van der Waals surface area contributed by atoms with Gasteiger partial charge in [-0.2, -0.15) is 5.01 Å². The second-order valence-corrected chi connectivity index (χ2v) is 6.89. The Balaban J connectivity index is 2.09. The fourth-order valence-corrected chi connectivity index (χ4v) is 3.05. The highest BCUT2D eigenvalue weighted by molar-refractivity contribution is 5.97. The molecular weight excluding hydrogens is 476 g/mol. The quantitative estimate of drug-likeness (QED) is 0.115. The standard InChI is InChI=1S/C20H20N10O6/c21-23-19(31)26-25-13-1-3-14(4-2-13)27(15-5-9-17(10-6-15)29(33)34)28(20(32)24-22)16-7-11-18(12-8-16)30(35)36/h1-12,25H,21-22H2,(H,24,32)(H2,23,26,31). The highest BCUT2D eigenvalue weighted by atomic mass is 16.6. The highest BCUT2D eigenvalue weighted by Gasteiger charge is 2.26. The number of nitrogens with zero attached hydrogens (tertiary/aromatic N) is 4. The monoisotopic (exact) mass is 496 g/mol. The van der Waals surface area contributed by atoms with E-state index >= 15 is 0 Å². The molecule has 0 unspecified atom stereocenters. The first-order valence-electron chi connectivity index (χ1n) is 9.97. The van der Waals surface area contributed by atoms with Crippen molar-refractivity contribution in [2.24, 2.45) is 11.7 Å². The fraction of sp³-hybridized carbons (Fsp3) is 0. The number of nitro benzene ring substituents is 2. The van der Waals surface area contributed by atoms with Gasteiger partial charge in [-0.3, -0.25) is 41.9 Å². The first-order chi connectivity index (χ1) is 17.2. The van der Waals surface area contributed by atoms with Gasteiger partial charge >= 0.3 is 12.1 Å². The van der Waals surface area contributed by atoms with Crippen LogP contribution in [0.3, 0.4) is 0 Å². The van der Waals surface area contributed by atoms with E-state index in [0.717, 1.165) is 5.01 Å². The Bertz CT molecular complexity index is 1250. The van der Waals surface area contributed by atoms with Gasteiger partial charge in [-0.15, -0.1) is 0 Å². The number of hydrogen-bond acceptors (Lipinski definition) is 10. The molecular formula is C20H20N10O6. The summed E-state index contributed by atoms with van der Waals surface area (Å²) in [5.74, 6) is 10.4. The molecule has 16 nitrogen and oxygen atoms in total. The van der Waals surface area contributed by atoms with Gasteiger partial charge in [-0.1, -0.05) is 0 Å². The Labute approximate surface area is 202 Å². The molecule has 0 atom stereocenters. The van der Waals surface area contributed by atoms with Gasteiger partial charge in [-0.25, -0.2) is 26.3 Å². The lowest BCUT2D eigenvalue weighted by atomic mass is 10.2. The number of amides is 4. The summed E-state index contributed by atoms with van der Waals surface area (Å²) in [6.45, 7) is 0. The average Bonchev–Trinajstić information content (AvgIpc) is 2.90. The van der Waals surface area contributed by atoms with E-state index in [4.69, 9.17) is 11.7 Å². The molecule has 8 N–H and O–H groups in total. The Kier molecular flexibility index (Phi) is 7.75. The minimum absolute atomic E-state index is 0.173. The summed E-state index contributed by atoms with van der Waals surface area (Å²) in [5.41, 5.74) is 9.82. The van der Waals surface area contributed by atoms with Crippen molar-refractivity contribution in [2.45, 2.75) is 0 Å². The molecule has 0 aromatic heterocycles. The molecule has 3 aromatic rings. The summed E-state index contributed by atoms with van der Waals surface area (Å²) in [4.78, 5) is 45.2. The zero-order valence-corrected chi connectivity index (χ0v) is 18.3. The molecule has 0 radical (unpaired) electrons. The van der Waals surface area contributed by atoms with Crippen molar-refractivity contribution < 1.29 is 19.4 Å². The van der Waals surface area contributed by atoms with Gasteiger partial charge < -0.3 is 0 Å². The van der Waals surface area contributed by atoms with Gasteiger partial charge in [0, 0.05) is 24.3 Å². The van der Waals surface area contributed by atoms with E-state index in [1.807, 2.05) is 10.9 Å². The minimum Gasteiger partial charge on any atom is -0.297 e. The van der Waals surface area contributed by atoms with Crippen LogP contribution in [0.5, 0.6) is 0 Å². The van der Waals surface area contributed by atoms with E-state index in [9.17, 15) is 29.8 Å². The van der Waals surface area contributed by atoms with Crippen LogP contribution in [-0.2, 0) is 0 Å². The van der Waals surface area contributed by atoms with Crippen molar-refractivity contribution in [3.05, 3.63) is 93.0 Å². The third kappa shape index (κ3) is 5.71. The summed E-state index contributed by atoms with van der Waals surface area (Å²) in [5, 5.41) is 24.7. The Morgan fingerprint density at radius 1 is 0.694 bits per heavy atom. The zero-order valence-electron chi connectivity index (χ0n) is 18.3. The van der Waals surface area contributed by atoms with Gasteiger partial charge in [0.25, 0.3) is 11.4 Å². The van der Waals surface area contributed by atoms with Crippen LogP contribution in [0.4, 0.5) is 43.7 Å². The molecule has 0 aliphatic rings. The molecule has 0 aliphatic heterocycles. The number of hydrogen-bond donors (Lipinski definition) is 6. The average molecular weight is 496 g/mol. The van der Waals surface area contributed by atoms with Crippen LogP contribution in [0.15, 0.2) is 72.8 Å². The number of nitrogens with one attached hydrogen (secondary N) is 4. The van der Waals surface area contributed by atoms with E-state index in [1.165, 1.54) is 53.5 Å². The molecule has 3 aromatic carbocycles. The van der Waals surface area contributed by atoms with Crippen molar-refractivity contribution in [1.29, 1.82) is 0 Å². The summed E-state index contributed by atoms with van der Waals surface area (Å²) in [7, 11) is 0. The number of carbonyl (C=O) groups excluding carboxylic acids is 2. The van der Waals surface area contributed by atoms with Gasteiger partial charge in [0.1, 0.15) is 0 Å². The number of non-ortho nitro benzene ring substituents is 2. The molecule has 3 rings (SSSR count). The molecule has 36 heavy (non-hydrogen) atoms. The van der Waals surface area contributed by atoms with Crippen molar-refractivity contribution in [2.75, 3.05) is 15.4 Å². The van der Waals surface area contributed by atoms with Gasteiger partial charge in [-0.05, 0) is 48.5 Å². The van der Waals surface area contributed by atoms with E-state index in [0.29, 0.717) is 17.1 Å². The molecule has 0 bridgehead atoms. The second kappa shape index (κ2) is 11.1. The number of rotatable bonds is 8.